The second kappa shape index (κ2) is 13.8. The van der Waals surface area contributed by atoms with Crippen LogP contribution in [0.2, 0.25) is 0 Å². The van der Waals surface area contributed by atoms with E-state index in [4.69, 9.17) is 9.47 Å². The fourth-order valence-corrected chi connectivity index (χ4v) is 2.63. The molecule has 0 aliphatic carbocycles. The number of nitrogens with zero attached hydrogens (tertiary/aromatic N) is 2. The molecule has 0 fully saturated rings. The van der Waals surface area contributed by atoms with E-state index >= 15 is 0 Å². The molecule has 0 radical (unpaired) electrons. The van der Waals surface area contributed by atoms with Gasteiger partial charge in [-0.25, -0.2) is 9.98 Å². The highest BCUT2D eigenvalue weighted by Crippen LogP contribution is 2.23. The Bertz CT molecular complexity index is 867. The number of hydrogen-bond donors (Lipinski definition) is 3. The maximum Gasteiger partial charge on any atom is 0.239 e. The summed E-state index contributed by atoms with van der Waals surface area (Å²) in [5, 5.41) is 9.11. The Morgan fingerprint density at radius 3 is 2.38 bits per heavy atom. The monoisotopic (exact) mass is 555 g/mol. The molecule has 176 valence electrons. The minimum atomic E-state index is -0.273. The number of nitrogens with one attached hydrogen (secondary N) is 3. The molecule has 32 heavy (non-hydrogen) atoms. The Hall–Kier alpha value is -2.56. The van der Waals surface area contributed by atoms with Crippen molar-refractivity contribution in [3.05, 3.63) is 48.2 Å². The van der Waals surface area contributed by atoms with E-state index in [-0.39, 0.29) is 42.0 Å². The van der Waals surface area contributed by atoms with Crippen LogP contribution in [-0.2, 0) is 11.3 Å². The normalized spacial score (nSPS) is 11.2. The Balaban J connectivity index is 0.00000512. The number of benzene rings is 1. The molecular formula is C23H34IN5O3. The number of halogens is 1. The Labute approximate surface area is 207 Å². The summed E-state index contributed by atoms with van der Waals surface area (Å²) in [6, 6.07) is 11.1. The van der Waals surface area contributed by atoms with Crippen molar-refractivity contribution in [2.24, 2.45) is 4.99 Å². The van der Waals surface area contributed by atoms with Gasteiger partial charge < -0.3 is 25.4 Å². The second-order valence-electron chi connectivity index (χ2n) is 7.86. The van der Waals surface area contributed by atoms with Crippen LogP contribution in [0.25, 0.3) is 0 Å². The molecule has 3 N–H and O–H groups in total. The zero-order valence-electron chi connectivity index (χ0n) is 19.4. The molecule has 0 bridgehead atoms. The lowest BCUT2D eigenvalue weighted by Crippen LogP contribution is -2.48. The zero-order valence-corrected chi connectivity index (χ0v) is 21.7. The lowest BCUT2D eigenvalue weighted by Gasteiger charge is -2.21. The number of rotatable bonds is 9. The second-order valence-corrected chi connectivity index (χ2v) is 7.86. The fourth-order valence-electron chi connectivity index (χ4n) is 2.63. The van der Waals surface area contributed by atoms with Crippen LogP contribution in [0.15, 0.2) is 47.6 Å². The lowest BCUT2D eigenvalue weighted by atomic mass is 10.1. The van der Waals surface area contributed by atoms with Gasteiger partial charge in [-0.1, -0.05) is 0 Å². The van der Waals surface area contributed by atoms with Crippen molar-refractivity contribution < 1.29 is 14.3 Å². The SMILES string of the molecule is CCNC(=NCc1ccnc(Oc2ccc(OCC)cc2)c1)NCC(=O)NC(C)(C)C.I. The molecule has 0 unspecified atom stereocenters. The van der Waals surface area contributed by atoms with E-state index in [1.807, 2.05) is 71.0 Å². The van der Waals surface area contributed by atoms with Crippen LogP contribution in [0.5, 0.6) is 17.4 Å². The van der Waals surface area contributed by atoms with Gasteiger partial charge in [0.15, 0.2) is 5.96 Å². The highest BCUT2D eigenvalue weighted by atomic mass is 127. The van der Waals surface area contributed by atoms with Gasteiger partial charge in [0.2, 0.25) is 11.8 Å². The summed E-state index contributed by atoms with van der Waals surface area (Å²) in [7, 11) is 0. The van der Waals surface area contributed by atoms with Crippen LogP contribution in [-0.4, -0.2) is 42.1 Å². The minimum absolute atomic E-state index is 0. The van der Waals surface area contributed by atoms with Crippen LogP contribution < -0.4 is 25.4 Å². The summed E-state index contributed by atoms with van der Waals surface area (Å²) in [4.78, 5) is 20.8. The molecule has 0 spiro atoms. The number of pyridine rings is 1. The Morgan fingerprint density at radius 1 is 1.06 bits per heavy atom. The van der Waals surface area contributed by atoms with Crippen molar-refractivity contribution in [1.29, 1.82) is 0 Å². The summed E-state index contributed by atoms with van der Waals surface area (Å²) >= 11 is 0. The van der Waals surface area contributed by atoms with Gasteiger partial charge in [0.1, 0.15) is 11.5 Å². The van der Waals surface area contributed by atoms with E-state index in [9.17, 15) is 4.79 Å². The molecule has 1 heterocycles. The van der Waals surface area contributed by atoms with Gasteiger partial charge >= 0.3 is 0 Å². The summed E-state index contributed by atoms with van der Waals surface area (Å²) < 4.78 is 11.3. The third-order valence-electron chi connectivity index (χ3n) is 3.85. The van der Waals surface area contributed by atoms with Crippen molar-refractivity contribution >= 4 is 35.8 Å². The van der Waals surface area contributed by atoms with E-state index in [1.165, 1.54) is 0 Å². The van der Waals surface area contributed by atoms with Crippen LogP contribution in [0.3, 0.4) is 0 Å². The first-order chi connectivity index (χ1) is 14.8. The predicted molar refractivity (Wildman–Crippen MR) is 138 cm³/mol. The van der Waals surface area contributed by atoms with E-state index in [2.05, 4.69) is 25.9 Å². The van der Waals surface area contributed by atoms with E-state index in [1.54, 1.807) is 6.20 Å². The molecule has 9 heteroatoms. The third kappa shape index (κ3) is 10.7. The molecule has 2 aromatic rings. The molecular weight excluding hydrogens is 521 g/mol. The number of amides is 1. The molecule has 0 saturated carbocycles. The van der Waals surface area contributed by atoms with Crippen molar-refractivity contribution in [1.82, 2.24) is 20.9 Å². The third-order valence-corrected chi connectivity index (χ3v) is 3.85. The summed E-state index contributed by atoms with van der Waals surface area (Å²) in [5.41, 5.74) is 0.665. The number of hydrogen-bond acceptors (Lipinski definition) is 5. The Morgan fingerprint density at radius 2 is 1.75 bits per heavy atom. The molecule has 0 aliphatic rings. The average molecular weight is 555 g/mol. The quantitative estimate of drug-likeness (QED) is 0.247. The summed E-state index contributed by atoms with van der Waals surface area (Å²) in [5.74, 6) is 2.44. The highest BCUT2D eigenvalue weighted by Gasteiger charge is 2.13. The first-order valence-corrected chi connectivity index (χ1v) is 10.5. The van der Waals surface area contributed by atoms with E-state index in [0.717, 1.165) is 11.3 Å². The zero-order chi connectivity index (χ0) is 22.7. The topological polar surface area (TPSA) is 96.9 Å². The molecule has 1 aromatic carbocycles. The van der Waals surface area contributed by atoms with Crippen molar-refractivity contribution in [2.75, 3.05) is 19.7 Å². The lowest BCUT2D eigenvalue weighted by molar-refractivity contribution is -0.121. The number of aliphatic imine (C=N–C) groups is 1. The first kappa shape index (κ1) is 27.5. The van der Waals surface area contributed by atoms with Gasteiger partial charge in [0, 0.05) is 24.3 Å². The summed E-state index contributed by atoms with van der Waals surface area (Å²) in [6.45, 7) is 11.6. The van der Waals surface area contributed by atoms with Crippen LogP contribution in [0.1, 0.15) is 40.2 Å². The van der Waals surface area contributed by atoms with Gasteiger partial charge in [-0.3, -0.25) is 4.79 Å². The number of carbonyl (C=O) groups is 1. The number of ether oxygens (including phenoxy) is 2. The molecule has 2 rings (SSSR count). The first-order valence-electron chi connectivity index (χ1n) is 10.5. The Kier molecular flexibility index (Phi) is 11.8. The summed E-state index contributed by atoms with van der Waals surface area (Å²) in [6.07, 6.45) is 1.69. The standard InChI is InChI=1S/C23H33N5O3.HI/c1-6-24-22(27-16-20(29)28-23(3,4)5)26-15-17-12-13-25-21(14-17)31-19-10-8-18(9-11-19)30-7-2;/h8-14H,6-7,15-16H2,1-5H3,(H,28,29)(H2,24,26,27);1H. The molecule has 1 aromatic heterocycles. The fraction of sp³-hybridized carbons (Fsp3) is 0.435. The largest absolute Gasteiger partial charge is 0.494 e. The van der Waals surface area contributed by atoms with Crippen LogP contribution in [0.4, 0.5) is 0 Å². The maximum atomic E-state index is 12.0. The minimum Gasteiger partial charge on any atom is -0.494 e. The van der Waals surface area contributed by atoms with Gasteiger partial charge in [-0.05, 0) is 70.5 Å². The number of aromatic nitrogens is 1. The molecule has 0 atom stereocenters. The molecule has 1 amide bonds. The van der Waals surface area contributed by atoms with Gasteiger partial charge in [0.05, 0.1) is 19.7 Å². The van der Waals surface area contributed by atoms with Crippen LogP contribution in [0, 0.1) is 0 Å². The maximum absolute atomic E-state index is 12.0. The molecule has 0 aliphatic heterocycles. The van der Waals surface area contributed by atoms with Crippen LogP contribution >= 0.6 is 24.0 Å². The van der Waals surface area contributed by atoms with E-state index < -0.39 is 0 Å². The smallest absolute Gasteiger partial charge is 0.239 e. The van der Waals surface area contributed by atoms with Crippen molar-refractivity contribution in [3.63, 3.8) is 0 Å². The van der Waals surface area contributed by atoms with Crippen molar-refractivity contribution in [2.45, 2.75) is 46.7 Å². The van der Waals surface area contributed by atoms with Gasteiger partial charge in [0.25, 0.3) is 0 Å². The van der Waals surface area contributed by atoms with Gasteiger partial charge in [-0.2, -0.15) is 0 Å². The number of carbonyl (C=O) groups excluding carboxylic acids is 1. The van der Waals surface area contributed by atoms with Gasteiger partial charge in [-0.15, -0.1) is 24.0 Å². The molecule has 8 nitrogen and oxygen atoms in total. The van der Waals surface area contributed by atoms with E-state index in [0.29, 0.717) is 37.3 Å². The predicted octanol–water partition coefficient (Wildman–Crippen LogP) is 3.86. The number of guanidine groups is 1. The highest BCUT2D eigenvalue weighted by molar-refractivity contribution is 14.0. The van der Waals surface area contributed by atoms with Crippen molar-refractivity contribution in [3.8, 4) is 17.4 Å². The average Bonchev–Trinajstić information content (AvgIpc) is 2.71. The molecule has 0 saturated heterocycles.